The van der Waals surface area contributed by atoms with Crippen LogP contribution in [0.2, 0.25) is 0 Å². The van der Waals surface area contributed by atoms with Gasteiger partial charge >= 0.3 is 0 Å². The number of rotatable bonds is 3. The van der Waals surface area contributed by atoms with Crippen molar-refractivity contribution in [2.45, 2.75) is 39.3 Å². The third-order valence-electron chi connectivity index (χ3n) is 7.59. The molecule has 238 valence electrons. The fourth-order valence-corrected chi connectivity index (χ4v) is 5.26. The van der Waals surface area contributed by atoms with E-state index in [9.17, 15) is 19.2 Å². The minimum atomic E-state index is -0.779. The van der Waals surface area contributed by atoms with E-state index in [2.05, 4.69) is 20.9 Å². The van der Waals surface area contributed by atoms with Crippen LogP contribution in [0.25, 0.3) is 11.4 Å². The lowest BCUT2D eigenvalue weighted by molar-refractivity contribution is -0.130. The van der Waals surface area contributed by atoms with E-state index >= 15 is 0 Å². The number of nitrogens with zero attached hydrogens (tertiary/aromatic N) is 3. The molecule has 0 saturated heterocycles. The molecular weight excluding hydrogens is 580 g/mol. The van der Waals surface area contributed by atoms with Crippen molar-refractivity contribution in [3.63, 3.8) is 0 Å². The van der Waals surface area contributed by atoms with Crippen molar-refractivity contribution < 1.29 is 33.4 Å². The molecule has 2 aromatic carbocycles. The van der Waals surface area contributed by atoms with Gasteiger partial charge in [0.15, 0.2) is 18.1 Å². The number of hydrogen-bond donors (Lipinski definition) is 3. The molecule has 13 nitrogen and oxygen atoms in total. The summed E-state index contributed by atoms with van der Waals surface area (Å²) in [5.41, 5.74) is 1.60. The zero-order valence-electron chi connectivity index (χ0n) is 25.6. The van der Waals surface area contributed by atoms with Gasteiger partial charge in [-0.3, -0.25) is 19.2 Å². The van der Waals surface area contributed by atoms with Crippen molar-refractivity contribution in [1.82, 2.24) is 25.1 Å². The van der Waals surface area contributed by atoms with Crippen LogP contribution in [-0.4, -0.2) is 84.1 Å². The SMILES string of the molecule is COc1ccc2cc1OCCCN(C(=O)c1ccc3c(c1)OCC(=O)N3)CC(=O)N[C@H](C(C)C)C(=O)NCCCn1ccnc1-2. The van der Waals surface area contributed by atoms with Gasteiger partial charge in [0.1, 0.15) is 17.6 Å². The maximum Gasteiger partial charge on any atom is 0.262 e. The Kier molecular flexibility index (Phi) is 9.86. The summed E-state index contributed by atoms with van der Waals surface area (Å²) in [6, 6.07) is 9.53. The molecule has 0 spiro atoms. The van der Waals surface area contributed by atoms with Crippen molar-refractivity contribution in [2.24, 2.45) is 5.92 Å². The zero-order chi connectivity index (χ0) is 31.9. The number of anilines is 1. The molecule has 1 atom stereocenters. The van der Waals surface area contributed by atoms with Crippen molar-refractivity contribution in [3.05, 3.63) is 54.4 Å². The van der Waals surface area contributed by atoms with Crippen LogP contribution in [0.3, 0.4) is 0 Å². The summed E-state index contributed by atoms with van der Waals surface area (Å²) in [7, 11) is 1.57. The second-order valence-electron chi connectivity index (χ2n) is 11.2. The van der Waals surface area contributed by atoms with E-state index in [-0.39, 0.29) is 44.0 Å². The highest BCUT2D eigenvalue weighted by Crippen LogP contribution is 2.33. The Bertz CT molecular complexity index is 1570. The Morgan fingerprint density at radius 3 is 2.67 bits per heavy atom. The predicted octanol–water partition coefficient (Wildman–Crippen LogP) is 2.46. The first-order valence-corrected chi connectivity index (χ1v) is 15.0. The van der Waals surface area contributed by atoms with Crippen LogP contribution in [0.15, 0.2) is 48.8 Å². The van der Waals surface area contributed by atoms with Gasteiger partial charge in [-0.15, -0.1) is 0 Å². The summed E-state index contributed by atoms with van der Waals surface area (Å²) < 4.78 is 19.1. The minimum Gasteiger partial charge on any atom is -0.493 e. The van der Waals surface area contributed by atoms with Gasteiger partial charge in [-0.25, -0.2) is 4.98 Å². The number of ether oxygens (including phenoxy) is 3. The number of amides is 4. The van der Waals surface area contributed by atoms with E-state index in [4.69, 9.17) is 14.2 Å². The number of nitrogens with one attached hydrogen (secondary N) is 3. The molecule has 0 unspecified atom stereocenters. The molecule has 0 aliphatic carbocycles. The molecule has 3 N–H and O–H groups in total. The standard InChI is InChI=1S/C32H38N6O7/c1-20(2)29-31(41)34-10-4-12-37-14-11-33-30(37)21-7-9-24(43-3)26(16-21)44-15-5-13-38(18-27(39)36-29)32(42)22-6-8-23-25(17-22)45-19-28(40)35-23/h6-9,11,14,16-17,20,29H,4-5,10,12-13,15,18-19H2,1-3H3,(H,34,41)(H,35,40)(H,36,39)/t29-/m1/s1. The van der Waals surface area contributed by atoms with Crippen molar-refractivity contribution >= 4 is 29.3 Å². The lowest BCUT2D eigenvalue weighted by atomic mass is 10.0. The quantitative estimate of drug-likeness (QED) is 0.405. The molecule has 0 radical (unpaired) electrons. The first-order valence-electron chi connectivity index (χ1n) is 15.0. The Morgan fingerprint density at radius 1 is 1.02 bits per heavy atom. The molecule has 2 aliphatic heterocycles. The van der Waals surface area contributed by atoms with Crippen LogP contribution in [0.1, 0.15) is 37.0 Å². The van der Waals surface area contributed by atoms with Gasteiger partial charge in [-0.1, -0.05) is 13.8 Å². The van der Waals surface area contributed by atoms with Crippen LogP contribution >= 0.6 is 0 Å². The molecule has 45 heavy (non-hydrogen) atoms. The van der Waals surface area contributed by atoms with Gasteiger partial charge in [-0.05, 0) is 55.2 Å². The van der Waals surface area contributed by atoms with Gasteiger partial charge in [0.2, 0.25) is 11.8 Å². The number of carbonyl (C=O) groups is 4. The number of imidazole rings is 1. The molecule has 1 aromatic heterocycles. The molecule has 13 heteroatoms. The monoisotopic (exact) mass is 618 g/mol. The van der Waals surface area contributed by atoms with Crippen LogP contribution in [-0.2, 0) is 20.9 Å². The molecule has 0 saturated carbocycles. The lowest BCUT2D eigenvalue weighted by Gasteiger charge is -2.26. The number of benzene rings is 2. The Hall–Kier alpha value is -5.07. The number of aromatic nitrogens is 2. The molecule has 4 amide bonds. The van der Waals surface area contributed by atoms with E-state index < -0.39 is 17.9 Å². The van der Waals surface area contributed by atoms with E-state index in [1.165, 1.54) is 4.90 Å². The largest absolute Gasteiger partial charge is 0.493 e. The maximum atomic E-state index is 13.7. The summed E-state index contributed by atoms with van der Waals surface area (Å²) in [6.07, 6.45) is 4.65. The smallest absolute Gasteiger partial charge is 0.262 e. The number of hydrogen-bond acceptors (Lipinski definition) is 8. The minimum absolute atomic E-state index is 0.153. The van der Waals surface area contributed by atoms with Crippen molar-refractivity contribution in [2.75, 3.05) is 45.3 Å². The fourth-order valence-electron chi connectivity index (χ4n) is 5.26. The molecule has 0 fully saturated rings. The lowest BCUT2D eigenvalue weighted by Crippen LogP contribution is -2.52. The molecule has 3 heterocycles. The average Bonchev–Trinajstić information content (AvgIpc) is 3.50. The molecule has 3 aromatic rings. The summed E-state index contributed by atoms with van der Waals surface area (Å²) >= 11 is 0. The first-order chi connectivity index (χ1) is 21.7. The molecule has 5 rings (SSSR count). The highest BCUT2D eigenvalue weighted by molar-refractivity contribution is 6.00. The van der Waals surface area contributed by atoms with Crippen LogP contribution < -0.4 is 30.2 Å². The average molecular weight is 619 g/mol. The summed E-state index contributed by atoms with van der Waals surface area (Å²) in [6.45, 7) is 4.72. The second kappa shape index (κ2) is 14.1. The van der Waals surface area contributed by atoms with E-state index in [0.717, 1.165) is 11.4 Å². The van der Waals surface area contributed by atoms with E-state index in [1.807, 2.05) is 42.8 Å². The highest BCUT2D eigenvalue weighted by atomic mass is 16.5. The molecule has 2 bridgehead atoms. The maximum absolute atomic E-state index is 13.7. The van der Waals surface area contributed by atoms with Gasteiger partial charge in [0.25, 0.3) is 11.8 Å². The van der Waals surface area contributed by atoms with Crippen LogP contribution in [0.5, 0.6) is 17.2 Å². The Balaban J connectivity index is 1.40. The number of carbonyl (C=O) groups excluding carboxylic acids is 4. The van der Waals surface area contributed by atoms with E-state index in [0.29, 0.717) is 54.4 Å². The third kappa shape index (κ3) is 7.54. The Labute approximate surface area is 261 Å². The molecular formula is C32H38N6O7. The van der Waals surface area contributed by atoms with Gasteiger partial charge in [0, 0.05) is 43.2 Å². The summed E-state index contributed by atoms with van der Waals surface area (Å²) in [4.78, 5) is 57.8. The first kappa shape index (κ1) is 31.4. The van der Waals surface area contributed by atoms with E-state index in [1.54, 1.807) is 31.5 Å². The van der Waals surface area contributed by atoms with Crippen molar-refractivity contribution in [1.29, 1.82) is 0 Å². The number of methoxy groups -OCH3 is 1. The fraction of sp³-hybridized carbons (Fsp3) is 0.406. The van der Waals surface area contributed by atoms with Crippen LogP contribution in [0.4, 0.5) is 5.69 Å². The topological polar surface area (TPSA) is 153 Å². The van der Waals surface area contributed by atoms with Gasteiger partial charge < -0.3 is 39.6 Å². The van der Waals surface area contributed by atoms with Crippen LogP contribution in [0, 0.1) is 5.92 Å². The zero-order valence-corrected chi connectivity index (χ0v) is 25.6. The van der Waals surface area contributed by atoms with Gasteiger partial charge in [0.05, 0.1) is 25.9 Å². The summed E-state index contributed by atoms with van der Waals surface area (Å²) in [5, 5.41) is 8.46. The Morgan fingerprint density at radius 2 is 1.87 bits per heavy atom. The highest BCUT2D eigenvalue weighted by Gasteiger charge is 2.27. The normalized spacial score (nSPS) is 18.0. The third-order valence-corrected chi connectivity index (χ3v) is 7.59. The summed E-state index contributed by atoms with van der Waals surface area (Å²) in [5.74, 6) is 0.581. The number of fused-ring (bicyclic) bond motifs is 5. The van der Waals surface area contributed by atoms with Crippen molar-refractivity contribution in [3.8, 4) is 28.6 Å². The predicted molar refractivity (Wildman–Crippen MR) is 165 cm³/mol. The van der Waals surface area contributed by atoms with Gasteiger partial charge in [-0.2, -0.15) is 0 Å². The second-order valence-corrected chi connectivity index (χ2v) is 11.2. The molecule has 2 aliphatic rings. The number of aryl methyl sites for hydroxylation is 1.